The van der Waals surface area contributed by atoms with Crippen LogP contribution in [0.5, 0.6) is 0 Å². The third kappa shape index (κ3) is 3.64. The summed E-state index contributed by atoms with van der Waals surface area (Å²) in [4.78, 5) is 14.6. The van der Waals surface area contributed by atoms with E-state index in [1.54, 1.807) is 12.1 Å². The van der Waals surface area contributed by atoms with Gasteiger partial charge < -0.3 is 10.2 Å². The lowest BCUT2D eigenvalue weighted by molar-refractivity contribution is 0.0728. The average Bonchev–Trinajstić information content (AvgIpc) is 3.11. The third-order valence-electron chi connectivity index (χ3n) is 4.24. The molecule has 1 aromatic carbocycles. The molecule has 5 heteroatoms. The molecule has 1 atom stereocenters. The van der Waals surface area contributed by atoms with Crippen molar-refractivity contribution in [2.75, 3.05) is 19.6 Å². The Morgan fingerprint density at radius 3 is 2.76 bits per heavy atom. The third-order valence-corrected chi connectivity index (χ3v) is 4.90. The van der Waals surface area contributed by atoms with Crippen LogP contribution in [0.1, 0.15) is 36.0 Å². The van der Waals surface area contributed by atoms with Gasteiger partial charge in [-0.1, -0.05) is 6.07 Å². The number of carbonyl (C=O) groups excluding carboxylic acids is 1. The van der Waals surface area contributed by atoms with Gasteiger partial charge in [0.15, 0.2) is 0 Å². The molecule has 1 aliphatic heterocycles. The topological polar surface area (TPSA) is 32.3 Å². The summed E-state index contributed by atoms with van der Waals surface area (Å²) in [6.07, 6.45) is 4.60. The molecule has 21 heavy (non-hydrogen) atoms. The highest BCUT2D eigenvalue weighted by molar-refractivity contribution is 9.10. The van der Waals surface area contributed by atoms with Crippen molar-refractivity contribution >= 4 is 21.8 Å². The molecule has 0 aromatic heterocycles. The molecule has 0 radical (unpaired) electrons. The van der Waals surface area contributed by atoms with Crippen LogP contribution in [0.15, 0.2) is 22.7 Å². The van der Waals surface area contributed by atoms with Crippen molar-refractivity contribution < 1.29 is 9.18 Å². The van der Waals surface area contributed by atoms with E-state index in [9.17, 15) is 9.18 Å². The SMILES string of the molecule is O=C(c1c(F)cccc1Br)N(CC1CC1)CC1CCCN1. The minimum absolute atomic E-state index is 0.163. The van der Waals surface area contributed by atoms with Crippen LogP contribution in [-0.4, -0.2) is 36.5 Å². The Morgan fingerprint density at radius 1 is 1.33 bits per heavy atom. The number of carbonyl (C=O) groups is 1. The highest BCUT2D eigenvalue weighted by atomic mass is 79.9. The van der Waals surface area contributed by atoms with E-state index in [0.717, 1.165) is 25.9 Å². The lowest BCUT2D eigenvalue weighted by atomic mass is 10.1. The van der Waals surface area contributed by atoms with Crippen LogP contribution in [0, 0.1) is 11.7 Å². The molecule has 0 spiro atoms. The number of benzene rings is 1. The number of rotatable bonds is 5. The van der Waals surface area contributed by atoms with E-state index in [4.69, 9.17) is 0 Å². The first kappa shape index (κ1) is 15.0. The van der Waals surface area contributed by atoms with Crippen molar-refractivity contribution in [3.63, 3.8) is 0 Å². The van der Waals surface area contributed by atoms with Gasteiger partial charge in [0.05, 0.1) is 5.56 Å². The first-order valence-electron chi connectivity index (χ1n) is 7.62. The number of hydrogen-bond acceptors (Lipinski definition) is 2. The standard InChI is InChI=1S/C16H20BrFN2O/c17-13-4-1-5-14(18)15(13)16(21)20(9-11-6-7-11)10-12-3-2-8-19-12/h1,4-5,11-12,19H,2-3,6-10H2. The highest BCUT2D eigenvalue weighted by Gasteiger charge is 2.31. The van der Waals surface area contributed by atoms with Crippen LogP contribution >= 0.6 is 15.9 Å². The van der Waals surface area contributed by atoms with Crippen molar-refractivity contribution in [1.82, 2.24) is 10.2 Å². The van der Waals surface area contributed by atoms with E-state index in [-0.39, 0.29) is 11.5 Å². The summed E-state index contributed by atoms with van der Waals surface area (Å²) in [7, 11) is 0. The zero-order chi connectivity index (χ0) is 14.8. The minimum Gasteiger partial charge on any atom is -0.337 e. The maximum Gasteiger partial charge on any atom is 0.258 e. The fourth-order valence-electron chi connectivity index (χ4n) is 2.89. The molecule has 3 nitrogen and oxygen atoms in total. The summed E-state index contributed by atoms with van der Waals surface area (Å²) in [6, 6.07) is 5.03. The van der Waals surface area contributed by atoms with Crippen molar-refractivity contribution in [3.05, 3.63) is 34.1 Å². The van der Waals surface area contributed by atoms with Gasteiger partial charge in [0.1, 0.15) is 5.82 Å². The van der Waals surface area contributed by atoms with E-state index in [0.29, 0.717) is 23.0 Å². The number of halogens is 2. The fraction of sp³-hybridized carbons (Fsp3) is 0.562. The Hall–Kier alpha value is -0.940. The second kappa shape index (κ2) is 6.44. The number of nitrogens with zero attached hydrogens (tertiary/aromatic N) is 1. The second-order valence-corrected chi connectivity index (χ2v) is 6.90. The average molecular weight is 355 g/mol. The van der Waals surface area contributed by atoms with E-state index in [1.165, 1.54) is 18.9 Å². The van der Waals surface area contributed by atoms with Crippen LogP contribution in [0.3, 0.4) is 0 Å². The van der Waals surface area contributed by atoms with Gasteiger partial charge in [-0.15, -0.1) is 0 Å². The Labute approximate surface area is 133 Å². The van der Waals surface area contributed by atoms with Gasteiger partial charge >= 0.3 is 0 Å². The zero-order valence-corrected chi connectivity index (χ0v) is 13.5. The maximum atomic E-state index is 14.0. The summed E-state index contributed by atoms with van der Waals surface area (Å²) in [5.74, 6) is -0.0453. The monoisotopic (exact) mass is 354 g/mol. The normalized spacial score (nSPS) is 21.5. The van der Waals surface area contributed by atoms with E-state index < -0.39 is 5.82 Å². The van der Waals surface area contributed by atoms with Crippen molar-refractivity contribution in [2.24, 2.45) is 5.92 Å². The number of hydrogen-bond donors (Lipinski definition) is 1. The lowest BCUT2D eigenvalue weighted by Gasteiger charge is -2.26. The van der Waals surface area contributed by atoms with Gasteiger partial charge in [-0.3, -0.25) is 4.79 Å². The maximum absolute atomic E-state index is 14.0. The van der Waals surface area contributed by atoms with Crippen LogP contribution in [0.25, 0.3) is 0 Å². The molecule has 0 bridgehead atoms. The predicted molar refractivity (Wildman–Crippen MR) is 83.8 cm³/mol. The van der Waals surface area contributed by atoms with Gasteiger partial charge in [0.2, 0.25) is 0 Å². The Morgan fingerprint density at radius 2 is 2.14 bits per heavy atom. The lowest BCUT2D eigenvalue weighted by Crippen LogP contribution is -2.42. The van der Waals surface area contributed by atoms with Gasteiger partial charge in [0, 0.05) is 23.6 Å². The molecule has 2 fully saturated rings. The van der Waals surface area contributed by atoms with Gasteiger partial charge in [-0.2, -0.15) is 0 Å². The van der Waals surface area contributed by atoms with Crippen molar-refractivity contribution in [3.8, 4) is 0 Å². The highest BCUT2D eigenvalue weighted by Crippen LogP contribution is 2.31. The molecule has 1 heterocycles. The van der Waals surface area contributed by atoms with E-state index in [2.05, 4.69) is 21.2 Å². The van der Waals surface area contributed by atoms with Gasteiger partial charge in [0.25, 0.3) is 5.91 Å². The Balaban J connectivity index is 1.78. The Bertz CT molecular complexity index is 507. The summed E-state index contributed by atoms with van der Waals surface area (Å²) in [5, 5.41) is 3.42. The quantitative estimate of drug-likeness (QED) is 0.880. The fourth-order valence-corrected chi connectivity index (χ4v) is 3.40. The molecule has 1 saturated carbocycles. The predicted octanol–water partition coefficient (Wildman–Crippen LogP) is 3.19. The van der Waals surface area contributed by atoms with Gasteiger partial charge in [-0.05, 0) is 66.2 Å². The molecule has 2 aliphatic rings. The molecule has 1 aliphatic carbocycles. The van der Waals surface area contributed by atoms with Gasteiger partial charge in [-0.25, -0.2) is 4.39 Å². The zero-order valence-electron chi connectivity index (χ0n) is 11.9. The van der Waals surface area contributed by atoms with Crippen molar-refractivity contribution in [2.45, 2.75) is 31.7 Å². The first-order chi connectivity index (χ1) is 10.1. The minimum atomic E-state index is -0.449. The molecule has 1 amide bonds. The summed E-state index contributed by atoms with van der Waals surface area (Å²) in [5.41, 5.74) is 0.163. The van der Waals surface area contributed by atoms with E-state index >= 15 is 0 Å². The molecule has 1 N–H and O–H groups in total. The summed E-state index contributed by atoms with van der Waals surface area (Å²) in [6.45, 7) is 2.44. The smallest absolute Gasteiger partial charge is 0.258 e. The molecular formula is C16H20BrFN2O. The van der Waals surface area contributed by atoms with Crippen LogP contribution in [0.2, 0.25) is 0 Å². The molecule has 1 saturated heterocycles. The second-order valence-electron chi connectivity index (χ2n) is 6.04. The molecule has 1 unspecified atom stereocenters. The number of amides is 1. The van der Waals surface area contributed by atoms with E-state index in [1.807, 2.05) is 4.90 Å². The van der Waals surface area contributed by atoms with Crippen LogP contribution in [0.4, 0.5) is 4.39 Å². The van der Waals surface area contributed by atoms with Crippen molar-refractivity contribution in [1.29, 1.82) is 0 Å². The first-order valence-corrected chi connectivity index (χ1v) is 8.41. The molecule has 114 valence electrons. The Kier molecular flexibility index (Phi) is 4.60. The molecule has 1 aromatic rings. The summed E-state index contributed by atoms with van der Waals surface area (Å²) >= 11 is 3.31. The van der Waals surface area contributed by atoms with Crippen LogP contribution in [-0.2, 0) is 0 Å². The molecular weight excluding hydrogens is 335 g/mol. The largest absolute Gasteiger partial charge is 0.337 e. The van der Waals surface area contributed by atoms with Crippen LogP contribution < -0.4 is 5.32 Å². The summed E-state index contributed by atoms with van der Waals surface area (Å²) < 4.78 is 14.6. The number of nitrogens with one attached hydrogen (secondary N) is 1. The molecule has 3 rings (SSSR count).